The van der Waals surface area contributed by atoms with E-state index in [-0.39, 0.29) is 19.0 Å². The van der Waals surface area contributed by atoms with Gasteiger partial charge in [-0.15, -0.1) is 0 Å². The van der Waals surface area contributed by atoms with E-state index in [0.29, 0.717) is 12.8 Å². The van der Waals surface area contributed by atoms with E-state index >= 15 is 0 Å². The van der Waals surface area contributed by atoms with Gasteiger partial charge in [-0.3, -0.25) is 14.5 Å². The lowest BCUT2D eigenvalue weighted by atomic mass is 9.92. The van der Waals surface area contributed by atoms with Crippen molar-refractivity contribution in [2.75, 3.05) is 52.9 Å². The maximum absolute atomic E-state index is 12.2. The fourth-order valence-corrected chi connectivity index (χ4v) is 2.81. The van der Waals surface area contributed by atoms with Crippen LogP contribution in [0, 0.1) is 0 Å². The van der Waals surface area contributed by atoms with E-state index < -0.39 is 11.5 Å². The molecule has 7 heteroatoms. The predicted octanol–water partition coefficient (Wildman–Crippen LogP) is -1.93. The summed E-state index contributed by atoms with van der Waals surface area (Å²) in [7, 11) is 2.04. The Morgan fingerprint density at radius 3 is 2.45 bits per heavy atom. The molecule has 2 amide bonds. The molecule has 0 radical (unpaired) electrons. The summed E-state index contributed by atoms with van der Waals surface area (Å²) in [6.07, 6.45) is 1.05. The maximum Gasteiger partial charge on any atom is 0.250 e. The van der Waals surface area contributed by atoms with Gasteiger partial charge in [0.2, 0.25) is 5.91 Å². The van der Waals surface area contributed by atoms with Gasteiger partial charge >= 0.3 is 0 Å². The van der Waals surface area contributed by atoms with Crippen molar-refractivity contribution in [3.8, 4) is 0 Å². The number of piperazine rings is 1. The maximum atomic E-state index is 12.2. The second kappa shape index (κ2) is 6.07. The Morgan fingerprint density at radius 2 is 1.85 bits per heavy atom. The molecular formula is C13H24N4O3. The first-order valence-corrected chi connectivity index (χ1v) is 7.12. The molecule has 0 aromatic rings. The van der Waals surface area contributed by atoms with Crippen LogP contribution in [0.15, 0.2) is 0 Å². The lowest BCUT2D eigenvalue weighted by molar-refractivity contribution is -0.145. The molecule has 1 atom stereocenters. The van der Waals surface area contributed by atoms with Crippen LogP contribution in [-0.4, -0.2) is 90.1 Å². The summed E-state index contributed by atoms with van der Waals surface area (Å²) in [6, 6.07) is 0. The Balaban J connectivity index is 1.86. The minimum Gasteiger partial charge on any atom is -0.379 e. The number of β-amino-alcohol motifs (C(OH)–C–C–N with tert-alkyl or cyclic N) is 1. The minimum absolute atomic E-state index is 0.0619. The number of primary amides is 1. The molecule has 2 rings (SSSR count). The standard InChI is InChI=1S/C13H24N4O3/c1-15-5-7-17(8-6-15)11(18)9-16-4-2-3-13(20,10-16)12(14)19/h20H,2-10H2,1H3,(H2,14,19)/t13-/m0/s1. The molecule has 0 aliphatic carbocycles. The van der Waals surface area contributed by atoms with Gasteiger partial charge in [0.25, 0.3) is 5.91 Å². The number of likely N-dealkylation sites (tertiary alicyclic amines) is 1. The Hall–Kier alpha value is -1.18. The number of rotatable bonds is 3. The monoisotopic (exact) mass is 284 g/mol. The highest BCUT2D eigenvalue weighted by atomic mass is 16.3. The third kappa shape index (κ3) is 3.47. The van der Waals surface area contributed by atoms with Crippen molar-refractivity contribution < 1.29 is 14.7 Å². The van der Waals surface area contributed by atoms with Gasteiger partial charge in [-0.2, -0.15) is 0 Å². The smallest absolute Gasteiger partial charge is 0.250 e. The summed E-state index contributed by atoms with van der Waals surface area (Å²) >= 11 is 0. The molecular weight excluding hydrogens is 260 g/mol. The normalized spacial score (nSPS) is 29.4. The molecule has 2 fully saturated rings. The van der Waals surface area contributed by atoms with Crippen molar-refractivity contribution in [1.29, 1.82) is 0 Å². The summed E-state index contributed by atoms with van der Waals surface area (Å²) < 4.78 is 0. The minimum atomic E-state index is -1.49. The van der Waals surface area contributed by atoms with Gasteiger partial charge in [-0.1, -0.05) is 0 Å². The molecule has 2 saturated heterocycles. The van der Waals surface area contributed by atoms with E-state index in [1.165, 1.54) is 0 Å². The summed E-state index contributed by atoms with van der Waals surface area (Å²) in [4.78, 5) is 29.4. The number of carbonyl (C=O) groups is 2. The average Bonchev–Trinajstić information content (AvgIpc) is 2.39. The van der Waals surface area contributed by atoms with Crippen LogP contribution >= 0.6 is 0 Å². The molecule has 2 aliphatic rings. The molecule has 2 heterocycles. The average molecular weight is 284 g/mol. The second-order valence-corrected chi connectivity index (χ2v) is 5.89. The molecule has 0 spiro atoms. The van der Waals surface area contributed by atoms with E-state index in [1.54, 1.807) is 0 Å². The first kappa shape index (κ1) is 15.2. The lowest BCUT2D eigenvalue weighted by Crippen LogP contribution is -2.58. The molecule has 2 aliphatic heterocycles. The molecule has 0 unspecified atom stereocenters. The van der Waals surface area contributed by atoms with Crippen molar-refractivity contribution >= 4 is 11.8 Å². The third-order valence-corrected chi connectivity index (χ3v) is 4.22. The zero-order chi connectivity index (χ0) is 14.8. The molecule has 3 N–H and O–H groups in total. The van der Waals surface area contributed by atoms with Crippen molar-refractivity contribution in [2.45, 2.75) is 18.4 Å². The number of amides is 2. The van der Waals surface area contributed by atoms with Crippen molar-refractivity contribution in [3.05, 3.63) is 0 Å². The second-order valence-electron chi connectivity index (χ2n) is 5.89. The molecule has 7 nitrogen and oxygen atoms in total. The van der Waals surface area contributed by atoms with E-state index in [2.05, 4.69) is 4.90 Å². The van der Waals surface area contributed by atoms with Crippen LogP contribution < -0.4 is 5.73 Å². The Kier molecular flexibility index (Phi) is 4.62. The van der Waals surface area contributed by atoms with E-state index in [4.69, 9.17) is 5.73 Å². The molecule has 0 aromatic heterocycles. The number of nitrogens with two attached hydrogens (primary N) is 1. The van der Waals surface area contributed by atoms with Gasteiger partial charge in [0.1, 0.15) is 0 Å². The Bertz CT molecular complexity index is 382. The van der Waals surface area contributed by atoms with Crippen LogP contribution in [-0.2, 0) is 9.59 Å². The van der Waals surface area contributed by atoms with Gasteiger partial charge in [-0.25, -0.2) is 0 Å². The highest BCUT2D eigenvalue weighted by Crippen LogP contribution is 2.20. The highest BCUT2D eigenvalue weighted by molar-refractivity contribution is 5.84. The number of hydrogen-bond donors (Lipinski definition) is 2. The lowest BCUT2D eigenvalue weighted by Gasteiger charge is -2.38. The Morgan fingerprint density at radius 1 is 1.20 bits per heavy atom. The summed E-state index contributed by atoms with van der Waals surface area (Å²) in [6.45, 7) is 4.37. The summed E-state index contributed by atoms with van der Waals surface area (Å²) in [5, 5.41) is 10.1. The number of nitrogens with zero attached hydrogens (tertiary/aromatic N) is 3. The van der Waals surface area contributed by atoms with Gasteiger partial charge < -0.3 is 20.6 Å². The predicted molar refractivity (Wildman–Crippen MR) is 73.9 cm³/mol. The van der Waals surface area contributed by atoms with E-state index in [9.17, 15) is 14.7 Å². The Labute approximate surface area is 119 Å². The van der Waals surface area contributed by atoms with Crippen LogP contribution in [0.25, 0.3) is 0 Å². The van der Waals surface area contributed by atoms with Gasteiger partial charge in [0.15, 0.2) is 5.60 Å². The van der Waals surface area contributed by atoms with Gasteiger partial charge in [-0.05, 0) is 26.4 Å². The van der Waals surface area contributed by atoms with Crippen LogP contribution in [0.1, 0.15) is 12.8 Å². The van der Waals surface area contributed by atoms with Crippen molar-refractivity contribution in [3.63, 3.8) is 0 Å². The van der Waals surface area contributed by atoms with E-state index in [1.807, 2.05) is 16.8 Å². The SMILES string of the molecule is CN1CCN(C(=O)CN2CCC[C@@](O)(C(N)=O)C2)CC1. The molecule has 114 valence electrons. The molecule has 0 saturated carbocycles. The van der Waals surface area contributed by atoms with Crippen LogP contribution in [0.5, 0.6) is 0 Å². The zero-order valence-electron chi connectivity index (χ0n) is 12.0. The van der Waals surface area contributed by atoms with Crippen molar-refractivity contribution in [2.24, 2.45) is 5.73 Å². The fraction of sp³-hybridized carbons (Fsp3) is 0.846. The third-order valence-electron chi connectivity index (χ3n) is 4.22. The quantitative estimate of drug-likeness (QED) is 0.630. The van der Waals surface area contributed by atoms with Crippen LogP contribution in [0.4, 0.5) is 0 Å². The molecule has 0 bridgehead atoms. The number of piperidine rings is 1. The first-order chi connectivity index (χ1) is 9.40. The van der Waals surface area contributed by atoms with Gasteiger partial charge in [0.05, 0.1) is 6.54 Å². The first-order valence-electron chi connectivity index (χ1n) is 7.12. The largest absolute Gasteiger partial charge is 0.379 e. The fourth-order valence-electron chi connectivity index (χ4n) is 2.81. The summed E-state index contributed by atoms with van der Waals surface area (Å²) in [5.74, 6) is -0.638. The zero-order valence-corrected chi connectivity index (χ0v) is 12.0. The number of likely N-dealkylation sites (N-methyl/N-ethyl adjacent to an activating group) is 1. The molecule has 0 aromatic carbocycles. The topological polar surface area (TPSA) is 90.1 Å². The summed E-state index contributed by atoms with van der Waals surface area (Å²) in [5.41, 5.74) is 3.75. The highest BCUT2D eigenvalue weighted by Gasteiger charge is 2.39. The number of hydrogen-bond acceptors (Lipinski definition) is 5. The number of aliphatic hydroxyl groups is 1. The molecule has 20 heavy (non-hydrogen) atoms. The van der Waals surface area contributed by atoms with Crippen LogP contribution in [0.2, 0.25) is 0 Å². The van der Waals surface area contributed by atoms with E-state index in [0.717, 1.165) is 32.7 Å². The van der Waals surface area contributed by atoms with Crippen molar-refractivity contribution in [1.82, 2.24) is 14.7 Å². The van der Waals surface area contributed by atoms with Crippen LogP contribution in [0.3, 0.4) is 0 Å². The number of carbonyl (C=O) groups excluding carboxylic acids is 2. The van der Waals surface area contributed by atoms with Gasteiger partial charge in [0, 0.05) is 32.7 Å².